The van der Waals surface area contributed by atoms with Crippen molar-refractivity contribution in [2.75, 3.05) is 30.9 Å². The third-order valence-corrected chi connectivity index (χ3v) is 13.8. The van der Waals surface area contributed by atoms with Gasteiger partial charge in [0, 0.05) is 18.3 Å². The molecule has 15 nitrogen and oxygen atoms in total. The predicted octanol–water partition coefficient (Wildman–Crippen LogP) is 5.34. The van der Waals surface area contributed by atoms with Crippen LogP contribution in [0.2, 0.25) is 18.1 Å². The van der Waals surface area contributed by atoms with Crippen LogP contribution >= 0.6 is 0 Å². The summed E-state index contributed by atoms with van der Waals surface area (Å²) < 4.78 is 22.0. The molecule has 0 spiro atoms. The molecule has 1 aliphatic rings. The molecule has 0 bridgehead atoms. The minimum Gasteiger partial charge on any atom is -0.504 e. The summed E-state index contributed by atoms with van der Waals surface area (Å²) in [5.41, 5.74) is 6.25. The Morgan fingerprint density at radius 2 is 1.67 bits per heavy atom. The molecule has 1 heterocycles. The van der Waals surface area contributed by atoms with Gasteiger partial charge in [-0.3, -0.25) is 19.7 Å². The second-order valence-electron chi connectivity index (χ2n) is 14.7. The zero-order valence-corrected chi connectivity index (χ0v) is 32.5. The molecule has 2 aromatic carbocycles. The van der Waals surface area contributed by atoms with Crippen LogP contribution in [0.25, 0.3) is 0 Å². The van der Waals surface area contributed by atoms with Crippen molar-refractivity contribution in [3.05, 3.63) is 47.5 Å². The summed E-state index contributed by atoms with van der Waals surface area (Å²) in [7, 11) is -0.680. The van der Waals surface area contributed by atoms with Crippen LogP contribution in [0.15, 0.2) is 36.4 Å². The maximum Gasteiger partial charge on any atom is 0.411 e. The molecular weight excluding hydrogens is 691 g/mol. The monoisotopic (exact) mass is 743 g/mol. The number of nitrogens with two attached hydrogens (primary N) is 1. The van der Waals surface area contributed by atoms with Crippen LogP contribution in [-0.4, -0.2) is 86.7 Å². The Morgan fingerprint density at radius 3 is 2.25 bits per heavy atom. The van der Waals surface area contributed by atoms with Gasteiger partial charge in [-0.25, -0.2) is 9.59 Å². The molecule has 1 saturated heterocycles. The first-order valence-corrected chi connectivity index (χ1v) is 20.1. The van der Waals surface area contributed by atoms with E-state index < -0.39 is 44.5 Å². The van der Waals surface area contributed by atoms with E-state index in [1.165, 1.54) is 26.2 Å². The van der Waals surface area contributed by atoms with Gasteiger partial charge in [-0.05, 0) is 67.6 Å². The topological polar surface area (TPSA) is 208 Å². The van der Waals surface area contributed by atoms with Crippen molar-refractivity contribution in [2.24, 2.45) is 11.7 Å². The normalized spacial score (nSPS) is 15.7. The highest BCUT2D eigenvalue weighted by Gasteiger charge is 2.39. The Labute approximate surface area is 306 Å². The number of methoxy groups -OCH3 is 1. The number of phenolic OH excluding ortho intramolecular Hbond substituents is 1. The summed E-state index contributed by atoms with van der Waals surface area (Å²) in [6.45, 7) is 16.4. The fourth-order valence-electron chi connectivity index (χ4n) is 5.17. The molecule has 0 unspecified atom stereocenters. The number of carbonyl (C=O) groups excluding carboxylic acids is 5. The van der Waals surface area contributed by atoms with Gasteiger partial charge >= 0.3 is 12.2 Å². The molecule has 6 N–H and O–H groups in total. The number of carbonyl (C=O) groups is 5. The highest BCUT2D eigenvalue weighted by molar-refractivity contribution is 6.74. The Kier molecular flexibility index (Phi) is 14.1. The van der Waals surface area contributed by atoms with Crippen LogP contribution in [0, 0.1) is 5.92 Å². The highest BCUT2D eigenvalue weighted by Crippen LogP contribution is 2.38. The van der Waals surface area contributed by atoms with Gasteiger partial charge < -0.3 is 45.0 Å². The fourth-order valence-corrected chi connectivity index (χ4v) is 6.21. The van der Waals surface area contributed by atoms with Crippen molar-refractivity contribution in [2.45, 2.75) is 97.3 Å². The standard InChI is InChI=1S/C36H53N5O10Si/c1-21(2)30(51-34(37)46)32(44)38-22(3)31(43)39-24-14-12-23(13-15-24)19-49-35(47)40-27-18-28(42)29(48-7)17-26(27)33(45)41-16-10-11-25(41)20-50-52(8,9)36(4,5)6/h12-15,17-18,21-22,25,30,42H,10-11,16,19-20H2,1-9H3,(H2,37,46)(H,38,44)(H,39,43)(H,40,47)/t22-,25-,30-/m0/s1. The van der Waals surface area contributed by atoms with E-state index in [1.807, 2.05) is 0 Å². The number of primary amides is 1. The van der Waals surface area contributed by atoms with Crippen molar-refractivity contribution in [1.29, 1.82) is 0 Å². The zero-order chi connectivity index (χ0) is 39.0. The fraction of sp³-hybridized carbons (Fsp3) is 0.528. The van der Waals surface area contributed by atoms with Gasteiger partial charge in [0.1, 0.15) is 12.6 Å². The summed E-state index contributed by atoms with van der Waals surface area (Å²) in [6.07, 6.45) is -1.52. The van der Waals surface area contributed by atoms with Gasteiger partial charge in [-0.2, -0.15) is 0 Å². The number of benzene rings is 2. The largest absolute Gasteiger partial charge is 0.504 e. The van der Waals surface area contributed by atoms with Crippen LogP contribution < -0.4 is 26.4 Å². The summed E-state index contributed by atoms with van der Waals surface area (Å²) >= 11 is 0. The number of hydrogen-bond donors (Lipinski definition) is 5. The Bertz CT molecular complexity index is 1610. The summed E-state index contributed by atoms with van der Waals surface area (Å²) in [5.74, 6) is -2.06. The number of likely N-dealkylation sites (tertiary alicyclic amines) is 1. The molecule has 16 heteroatoms. The van der Waals surface area contributed by atoms with Crippen LogP contribution in [0.3, 0.4) is 0 Å². The molecular formula is C36H53N5O10Si. The highest BCUT2D eigenvalue weighted by atomic mass is 28.4. The van der Waals surface area contributed by atoms with E-state index in [1.54, 1.807) is 43.0 Å². The number of rotatable bonds is 14. The lowest BCUT2D eigenvalue weighted by Crippen LogP contribution is -2.49. The van der Waals surface area contributed by atoms with E-state index in [-0.39, 0.29) is 52.3 Å². The lowest BCUT2D eigenvalue weighted by Gasteiger charge is -2.38. The van der Waals surface area contributed by atoms with E-state index in [0.29, 0.717) is 24.4 Å². The van der Waals surface area contributed by atoms with Crippen LogP contribution in [0.1, 0.15) is 70.3 Å². The summed E-state index contributed by atoms with van der Waals surface area (Å²) in [5, 5.41) is 18.3. The van der Waals surface area contributed by atoms with Crippen LogP contribution in [-0.2, 0) is 30.1 Å². The summed E-state index contributed by atoms with van der Waals surface area (Å²) in [4.78, 5) is 64.9. The molecule has 0 aromatic heterocycles. The van der Waals surface area contributed by atoms with E-state index >= 15 is 0 Å². The van der Waals surface area contributed by atoms with Gasteiger partial charge in [0.2, 0.25) is 5.91 Å². The third kappa shape index (κ3) is 11.1. The average molecular weight is 744 g/mol. The second kappa shape index (κ2) is 17.6. The van der Waals surface area contributed by atoms with E-state index in [4.69, 9.17) is 24.4 Å². The van der Waals surface area contributed by atoms with Gasteiger partial charge in [0.25, 0.3) is 11.8 Å². The smallest absolute Gasteiger partial charge is 0.411 e. The maximum absolute atomic E-state index is 13.9. The molecule has 0 saturated carbocycles. The quantitative estimate of drug-likeness (QED) is 0.157. The average Bonchev–Trinajstić information content (AvgIpc) is 3.54. The number of hydrogen-bond acceptors (Lipinski definition) is 10. The van der Waals surface area contributed by atoms with Gasteiger partial charge in [0.15, 0.2) is 25.9 Å². The molecule has 0 radical (unpaired) electrons. The number of nitrogens with one attached hydrogen (secondary N) is 3. The van der Waals surface area contributed by atoms with Crippen molar-refractivity contribution in [3.63, 3.8) is 0 Å². The van der Waals surface area contributed by atoms with Gasteiger partial charge in [0.05, 0.1) is 31.0 Å². The van der Waals surface area contributed by atoms with Crippen LogP contribution in [0.4, 0.5) is 21.0 Å². The van der Waals surface area contributed by atoms with Gasteiger partial charge in [-0.15, -0.1) is 0 Å². The number of anilines is 2. The minimum absolute atomic E-state index is 0.0168. The number of phenols is 1. The number of nitrogens with zero attached hydrogens (tertiary/aromatic N) is 1. The van der Waals surface area contributed by atoms with Crippen LogP contribution in [0.5, 0.6) is 11.5 Å². The first-order valence-electron chi connectivity index (χ1n) is 17.2. The molecule has 3 atom stereocenters. The number of ether oxygens (including phenoxy) is 3. The maximum atomic E-state index is 13.9. The second-order valence-corrected chi connectivity index (χ2v) is 19.5. The molecule has 2 aromatic rings. The molecule has 1 aliphatic heterocycles. The lowest BCUT2D eigenvalue weighted by molar-refractivity contribution is -0.134. The lowest BCUT2D eigenvalue weighted by atomic mass is 10.1. The predicted molar refractivity (Wildman–Crippen MR) is 198 cm³/mol. The zero-order valence-electron chi connectivity index (χ0n) is 31.5. The summed E-state index contributed by atoms with van der Waals surface area (Å²) in [6, 6.07) is 8.00. The SMILES string of the molecule is COc1cc(C(=O)N2CCC[C@H]2CO[Si](C)(C)C(C)(C)C)c(NC(=O)OCc2ccc(NC(=O)[C@H](C)NC(=O)[C@@H](OC(N)=O)C(C)C)cc2)cc1O. The first kappa shape index (κ1) is 41.6. The molecule has 1 fully saturated rings. The Balaban J connectivity index is 1.62. The van der Waals surface area contributed by atoms with E-state index in [9.17, 15) is 29.1 Å². The number of amides is 5. The van der Waals surface area contributed by atoms with Crippen molar-refractivity contribution < 1.29 is 47.7 Å². The minimum atomic E-state index is -2.05. The third-order valence-electron chi connectivity index (χ3n) is 9.32. The van der Waals surface area contributed by atoms with E-state index in [0.717, 1.165) is 12.8 Å². The molecule has 0 aliphatic carbocycles. The van der Waals surface area contributed by atoms with Crippen molar-refractivity contribution in [1.82, 2.24) is 10.2 Å². The van der Waals surface area contributed by atoms with E-state index in [2.05, 4.69) is 49.8 Å². The number of aromatic hydroxyl groups is 1. The molecule has 3 rings (SSSR count). The Morgan fingerprint density at radius 1 is 1.02 bits per heavy atom. The Hall–Kier alpha value is -4.83. The first-order chi connectivity index (χ1) is 24.2. The van der Waals surface area contributed by atoms with Crippen molar-refractivity contribution in [3.8, 4) is 11.5 Å². The molecule has 5 amide bonds. The molecule has 52 heavy (non-hydrogen) atoms. The van der Waals surface area contributed by atoms with Gasteiger partial charge in [-0.1, -0.05) is 46.8 Å². The van der Waals surface area contributed by atoms with Crippen molar-refractivity contribution >= 4 is 49.6 Å². The molecule has 286 valence electrons.